The number of nitrogens with one attached hydrogen (secondary N) is 2. The van der Waals surface area contributed by atoms with E-state index in [0.717, 1.165) is 61.8 Å². The average Bonchev–Trinajstić information content (AvgIpc) is 3.84. The molecule has 12 heteroatoms. The fraction of sp³-hybridized carbons (Fsp3) is 0.487. The van der Waals surface area contributed by atoms with Gasteiger partial charge in [0.25, 0.3) is 11.8 Å². The van der Waals surface area contributed by atoms with Crippen molar-refractivity contribution < 1.29 is 9.59 Å². The van der Waals surface area contributed by atoms with E-state index in [-0.39, 0.29) is 11.8 Å². The van der Waals surface area contributed by atoms with Gasteiger partial charge in [-0.25, -0.2) is 9.97 Å². The van der Waals surface area contributed by atoms with Crippen LogP contribution in [-0.2, 0) is 40.0 Å². The van der Waals surface area contributed by atoms with E-state index in [1.54, 1.807) is 12.1 Å². The molecule has 0 unspecified atom stereocenters. The molecule has 4 aliphatic rings. The van der Waals surface area contributed by atoms with Crippen LogP contribution in [0.2, 0.25) is 10.0 Å². The molecule has 10 nitrogen and oxygen atoms in total. The van der Waals surface area contributed by atoms with E-state index in [0.29, 0.717) is 61.6 Å². The van der Waals surface area contributed by atoms with Crippen molar-refractivity contribution in [2.75, 3.05) is 37.3 Å². The summed E-state index contributed by atoms with van der Waals surface area (Å²) in [6, 6.07) is 10.9. The van der Waals surface area contributed by atoms with Gasteiger partial charge in [0.1, 0.15) is 0 Å². The molecule has 0 atom stereocenters. The molecular weight excluding hydrogens is 683 g/mol. The number of hydrogen-bond donors (Lipinski definition) is 2. The zero-order chi connectivity index (χ0) is 35.7. The van der Waals surface area contributed by atoms with Crippen molar-refractivity contribution in [3.63, 3.8) is 0 Å². The number of fused-ring (bicyclic) bond motifs is 4. The minimum Gasteiger partial charge on any atom is -0.327 e. The first-order valence-electron chi connectivity index (χ1n) is 18.1. The summed E-state index contributed by atoms with van der Waals surface area (Å²) in [5, 5.41) is 6.64. The quantitative estimate of drug-likeness (QED) is 0.197. The maximum absolute atomic E-state index is 13.7. The van der Waals surface area contributed by atoms with Crippen LogP contribution in [0.4, 0.5) is 11.4 Å². The van der Waals surface area contributed by atoms with Crippen LogP contribution in [0.3, 0.4) is 0 Å². The minimum atomic E-state index is -0.337. The van der Waals surface area contributed by atoms with Gasteiger partial charge in [0.05, 0.1) is 32.8 Å². The number of carbonyl (C=O) groups excluding carboxylic acids is 2. The molecule has 2 aromatic heterocycles. The van der Waals surface area contributed by atoms with Gasteiger partial charge in [-0.15, -0.1) is 0 Å². The standard InChI is InChI=1S/C39H46Cl2N8O2/c1-38-13-15-39(23-38,16-14-38)17-20-49-19-12-31-29(22-49)43-35(48(31)4)37(51)45-27-10-6-8-25(33(27)41)24-7-5-9-26(32(24)40)44-36(50)34-42-28-21-46(2)18-11-30(28)47(34)3/h5-10H,11-23H2,1-4H3,(H,44,50)(H,45,51). The van der Waals surface area contributed by atoms with E-state index >= 15 is 0 Å². The lowest BCUT2D eigenvalue weighted by molar-refractivity contribution is 0.100. The monoisotopic (exact) mass is 728 g/mol. The van der Waals surface area contributed by atoms with Gasteiger partial charge in [-0.1, -0.05) is 54.4 Å². The molecule has 2 aliphatic carbocycles. The van der Waals surface area contributed by atoms with Crippen LogP contribution < -0.4 is 10.6 Å². The Balaban J connectivity index is 0.961. The zero-order valence-corrected chi connectivity index (χ0v) is 31.4. The molecule has 51 heavy (non-hydrogen) atoms. The molecular formula is C39H46Cl2N8O2. The summed E-state index contributed by atoms with van der Waals surface area (Å²) in [6.45, 7) is 6.94. The normalized spacial score (nSPS) is 22.9. The largest absolute Gasteiger partial charge is 0.327 e. The topological polar surface area (TPSA) is 100 Å². The van der Waals surface area contributed by atoms with Gasteiger partial charge in [-0.2, -0.15) is 0 Å². The second-order valence-corrected chi connectivity index (χ2v) is 16.5. The number of nitrogens with zero attached hydrogens (tertiary/aromatic N) is 6. The number of likely N-dealkylation sites (N-methyl/N-ethyl adjacent to an activating group) is 1. The predicted octanol–water partition coefficient (Wildman–Crippen LogP) is 7.34. The first-order valence-corrected chi connectivity index (χ1v) is 18.9. The summed E-state index contributed by atoms with van der Waals surface area (Å²) in [6.07, 6.45) is 9.87. The first kappa shape index (κ1) is 34.4. The fourth-order valence-corrected chi connectivity index (χ4v) is 9.79. The molecule has 2 fully saturated rings. The molecule has 2 aliphatic heterocycles. The molecule has 4 aromatic rings. The van der Waals surface area contributed by atoms with Crippen LogP contribution in [0.25, 0.3) is 11.1 Å². The molecule has 2 N–H and O–H groups in total. The Bertz CT molecular complexity index is 2040. The number of carbonyl (C=O) groups is 2. The van der Waals surface area contributed by atoms with E-state index in [9.17, 15) is 9.59 Å². The van der Waals surface area contributed by atoms with Crippen LogP contribution in [0.15, 0.2) is 36.4 Å². The van der Waals surface area contributed by atoms with Crippen LogP contribution in [-0.4, -0.2) is 67.4 Å². The Kier molecular flexibility index (Phi) is 8.81. The Hall–Kier alpha value is -3.70. The highest BCUT2D eigenvalue weighted by Crippen LogP contribution is 2.62. The highest BCUT2D eigenvalue weighted by molar-refractivity contribution is 6.40. The molecule has 2 amide bonds. The van der Waals surface area contributed by atoms with Gasteiger partial charge in [0, 0.05) is 75.6 Å². The third kappa shape index (κ3) is 6.28. The zero-order valence-electron chi connectivity index (χ0n) is 29.9. The smallest absolute Gasteiger partial charge is 0.291 e. The molecule has 2 aromatic carbocycles. The van der Waals surface area contributed by atoms with Gasteiger partial charge in [0.2, 0.25) is 0 Å². The number of benzene rings is 2. The molecule has 2 saturated carbocycles. The van der Waals surface area contributed by atoms with Gasteiger partial charge in [0.15, 0.2) is 11.6 Å². The molecule has 2 bridgehead atoms. The number of hydrogen-bond acceptors (Lipinski definition) is 6. The summed E-state index contributed by atoms with van der Waals surface area (Å²) < 4.78 is 3.80. The summed E-state index contributed by atoms with van der Waals surface area (Å²) >= 11 is 13.9. The van der Waals surface area contributed by atoms with Crippen molar-refractivity contribution in [3.05, 3.63) is 80.9 Å². The average molecular weight is 730 g/mol. The number of halogens is 2. The SMILES string of the molecule is CN1CCc2c(nc(C(=O)Nc3cccc(-c4cccc(NC(=O)c5nc6c(n5C)CCN(CCC57CCC(C)(CC5)C7)C6)c4Cl)c3Cl)n2C)C1. The second kappa shape index (κ2) is 13.1. The number of anilines is 2. The van der Waals surface area contributed by atoms with Gasteiger partial charge in [-0.3, -0.25) is 14.5 Å². The second-order valence-electron chi connectivity index (χ2n) is 15.8. The van der Waals surface area contributed by atoms with Crippen molar-refractivity contribution in [1.82, 2.24) is 28.9 Å². The number of rotatable bonds is 8. The van der Waals surface area contributed by atoms with Gasteiger partial charge < -0.3 is 24.7 Å². The van der Waals surface area contributed by atoms with Crippen molar-refractivity contribution in [2.24, 2.45) is 24.9 Å². The van der Waals surface area contributed by atoms with Crippen molar-refractivity contribution in [2.45, 2.75) is 71.4 Å². The van der Waals surface area contributed by atoms with Crippen molar-refractivity contribution >= 4 is 46.4 Å². The molecule has 4 heterocycles. The summed E-state index contributed by atoms with van der Waals surface area (Å²) in [5.41, 5.74) is 7.37. The van der Waals surface area contributed by atoms with E-state index < -0.39 is 0 Å². The first-order chi connectivity index (χ1) is 24.4. The molecule has 0 spiro atoms. The summed E-state index contributed by atoms with van der Waals surface area (Å²) in [7, 11) is 5.84. The summed E-state index contributed by atoms with van der Waals surface area (Å²) in [4.78, 5) is 41.3. The number of imidazole rings is 2. The highest BCUT2D eigenvalue weighted by Gasteiger charge is 2.51. The van der Waals surface area contributed by atoms with E-state index in [4.69, 9.17) is 28.2 Å². The maximum atomic E-state index is 13.7. The van der Waals surface area contributed by atoms with E-state index in [1.165, 1.54) is 38.5 Å². The molecule has 268 valence electrons. The number of aromatic nitrogens is 4. The van der Waals surface area contributed by atoms with E-state index in [1.807, 2.05) is 54.5 Å². The Labute approximate surface area is 309 Å². The van der Waals surface area contributed by atoms with Gasteiger partial charge in [-0.05, 0) is 75.1 Å². The molecule has 0 radical (unpaired) electrons. The lowest BCUT2D eigenvalue weighted by atomic mass is 9.80. The van der Waals surface area contributed by atoms with E-state index in [2.05, 4.69) is 32.3 Å². The van der Waals surface area contributed by atoms with Crippen LogP contribution in [0, 0.1) is 10.8 Å². The van der Waals surface area contributed by atoms with Crippen LogP contribution in [0.1, 0.15) is 89.5 Å². The third-order valence-electron chi connectivity index (χ3n) is 12.2. The van der Waals surface area contributed by atoms with Crippen LogP contribution in [0.5, 0.6) is 0 Å². The van der Waals surface area contributed by atoms with Gasteiger partial charge >= 0.3 is 0 Å². The molecule has 0 saturated heterocycles. The fourth-order valence-electron chi connectivity index (χ4n) is 9.24. The van der Waals surface area contributed by atoms with Crippen molar-refractivity contribution in [1.29, 1.82) is 0 Å². The van der Waals surface area contributed by atoms with Crippen molar-refractivity contribution in [3.8, 4) is 11.1 Å². The maximum Gasteiger partial charge on any atom is 0.291 e. The Morgan fingerprint density at radius 3 is 1.82 bits per heavy atom. The highest BCUT2D eigenvalue weighted by atomic mass is 35.5. The lowest BCUT2D eigenvalue weighted by Gasteiger charge is -2.32. The summed E-state index contributed by atoms with van der Waals surface area (Å²) in [5.74, 6) is 0.0583. The van der Waals surface area contributed by atoms with Crippen LogP contribution >= 0.6 is 23.2 Å². The third-order valence-corrected chi connectivity index (χ3v) is 13.1. The number of amides is 2. The molecule has 8 rings (SSSR count). The Morgan fingerprint density at radius 1 is 0.765 bits per heavy atom. The minimum absolute atomic E-state index is 0.316. The lowest BCUT2D eigenvalue weighted by Crippen LogP contribution is -2.34. The Morgan fingerprint density at radius 2 is 1.29 bits per heavy atom. The predicted molar refractivity (Wildman–Crippen MR) is 201 cm³/mol.